The van der Waals surface area contributed by atoms with Gasteiger partial charge in [-0.15, -0.1) is 5.10 Å². The molecule has 0 unspecified atom stereocenters. The number of morpholine rings is 1. The number of nitrogens with zero attached hydrogens (tertiary/aromatic N) is 7. The fourth-order valence-electron chi connectivity index (χ4n) is 5.04. The van der Waals surface area contributed by atoms with Crippen molar-refractivity contribution in [1.29, 1.82) is 0 Å². The van der Waals surface area contributed by atoms with E-state index in [2.05, 4.69) is 42.8 Å². The fourth-order valence-corrected chi connectivity index (χ4v) is 5.04. The summed E-state index contributed by atoms with van der Waals surface area (Å²) in [5, 5.41) is 9.63. The third-order valence-electron chi connectivity index (χ3n) is 7.36. The number of amides is 3. The zero-order chi connectivity index (χ0) is 30.5. The monoisotopic (exact) mass is 595 g/mol. The minimum absolute atomic E-state index is 0.263. The predicted octanol–water partition coefficient (Wildman–Crippen LogP) is 1.36. The number of hydrogen-bond donors (Lipinski definition) is 2. The number of carbonyl (C=O) groups is 3. The molecule has 0 aliphatic carbocycles. The number of rotatable bonds is 8. The van der Waals surface area contributed by atoms with Crippen LogP contribution in [0.1, 0.15) is 11.1 Å². The molecule has 2 N–H and O–H groups in total. The van der Waals surface area contributed by atoms with Gasteiger partial charge in [-0.1, -0.05) is 6.58 Å². The van der Waals surface area contributed by atoms with Gasteiger partial charge in [0.05, 0.1) is 26.9 Å². The van der Waals surface area contributed by atoms with Crippen LogP contribution in [0.5, 0.6) is 0 Å². The van der Waals surface area contributed by atoms with Gasteiger partial charge >= 0.3 is 6.09 Å². The molecule has 3 aromatic rings. The quantitative estimate of drug-likeness (QED) is 0.366. The van der Waals surface area contributed by atoms with Gasteiger partial charge in [0.15, 0.2) is 17.5 Å². The molecule has 0 aromatic carbocycles. The Balaban J connectivity index is 1.33. The van der Waals surface area contributed by atoms with Crippen LogP contribution in [-0.4, -0.2) is 113 Å². The van der Waals surface area contributed by atoms with Crippen LogP contribution in [0.2, 0.25) is 0 Å². The van der Waals surface area contributed by atoms with Gasteiger partial charge in [0, 0.05) is 63.8 Å². The highest BCUT2D eigenvalue weighted by Crippen LogP contribution is 2.28. The average Bonchev–Trinajstić information content (AvgIpc) is 3.42. The molecule has 2 fully saturated rings. The zero-order valence-corrected chi connectivity index (χ0v) is 24.1. The highest BCUT2D eigenvalue weighted by Gasteiger charge is 2.24. The van der Waals surface area contributed by atoms with Crippen LogP contribution in [-0.2, 0) is 25.6 Å². The van der Waals surface area contributed by atoms with Crippen LogP contribution < -0.4 is 15.5 Å². The number of carbonyl (C=O) groups excluding carboxylic acids is 3. The standard InChI is InChI=1S/C28H34FN9O5/c1-18-12-23(32-28(41)42-3)30-14-21(18)25-33-26(37-8-10-43-11-9-37)22-13-20(17-38(22)34-25)16-35-4-6-36(7-5-35)24(39)15-31-27(40)19(2)29/h12-14,17H,2,4-11,15-16H2,1,3H3,(H,31,40)(H,30,32,41). The molecule has 5 heterocycles. The van der Waals surface area contributed by atoms with E-state index in [0.717, 1.165) is 28.0 Å². The molecule has 2 saturated heterocycles. The van der Waals surface area contributed by atoms with E-state index in [1.54, 1.807) is 17.2 Å². The zero-order valence-electron chi connectivity index (χ0n) is 24.1. The minimum atomic E-state index is -1.12. The maximum absolute atomic E-state index is 12.9. The Hall–Kier alpha value is -4.63. The van der Waals surface area contributed by atoms with Crippen molar-refractivity contribution in [1.82, 2.24) is 34.7 Å². The van der Waals surface area contributed by atoms with Gasteiger partial charge in [0.1, 0.15) is 11.3 Å². The Kier molecular flexibility index (Phi) is 9.11. The van der Waals surface area contributed by atoms with Gasteiger partial charge < -0.3 is 24.6 Å². The van der Waals surface area contributed by atoms with Gasteiger partial charge in [-0.2, -0.15) is 0 Å². The van der Waals surface area contributed by atoms with Crippen molar-refractivity contribution in [3.63, 3.8) is 0 Å². The SMILES string of the molecule is C=C(F)C(=O)NCC(=O)N1CCN(Cc2cc3c(N4CCOCC4)nc(-c4cnc(NC(=O)OC)cc4C)nn3c2)CC1. The maximum Gasteiger partial charge on any atom is 0.412 e. The Morgan fingerprint density at radius 1 is 1.12 bits per heavy atom. The molecule has 5 rings (SSSR count). The number of ether oxygens (including phenoxy) is 2. The third kappa shape index (κ3) is 7.06. The molecular formula is C28H34FN9O5. The lowest BCUT2D eigenvalue weighted by Gasteiger charge is -2.34. The van der Waals surface area contributed by atoms with Gasteiger partial charge in [0.2, 0.25) is 5.91 Å². The number of methoxy groups -OCH3 is 1. The maximum atomic E-state index is 12.9. The Morgan fingerprint density at radius 3 is 2.53 bits per heavy atom. The van der Waals surface area contributed by atoms with Crippen LogP contribution in [0, 0.1) is 6.92 Å². The average molecular weight is 596 g/mol. The summed E-state index contributed by atoms with van der Waals surface area (Å²) in [4.78, 5) is 50.8. The topological polar surface area (TPSA) is 147 Å². The molecule has 0 bridgehead atoms. The van der Waals surface area contributed by atoms with Crippen LogP contribution in [0.4, 0.5) is 20.8 Å². The van der Waals surface area contributed by atoms with E-state index in [9.17, 15) is 18.8 Å². The predicted molar refractivity (Wildman–Crippen MR) is 155 cm³/mol. The molecule has 43 heavy (non-hydrogen) atoms. The van der Waals surface area contributed by atoms with Crippen LogP contribution in [0.15, 0.2) is 36.9 Å². The van der Waals surface area contributed by atoms with Crippen LogP contribution in [0.25, 0.3) is 16.9 Å². The lowest BCUT2D eigenvalue weighted by molar-refractivity contribution is -0.134. The molecule has 2 aliphatic rings. The van der Waals surface area contributed by atoms with Crippen molar-refractivity contribution in [2.75, 3.05) is 76.4 Å². The molecule has 15 heteroatoms. The second-order valence-corrected chi connectivity index (χ2v) is 10.3. The number of anilines is 2. The first-order chi connectivity index (χ1) is 20.7. The number of aromatic nitrogens is 4. The Labute approximate surface area is 247 Å². The number of hydrogen-bond acceptors (Lipinski definition) is 10. The molecular weight excluding hydrogens is 561 g/mol. The largest absolute Gasteiger partial charge is 0.453 e. The smallest absolute Gasteiger partial charge is 0.412 e. The molecule has 2 aliphatic heterocycles. The summed E-state index contributed by atoms with van der Waals surface area (Å²) in [5.41, 5.74) is 3.48. The first-order valence-electron chi connectivity index (χ1n) is 13.9. The first-order valence-corrected chi connectivity index (χ1v) is 13.9. The van der Waals surface area contributed by atoms with Crippen molar-refractivity contribution >= 4 is 35.1 Å². The number of nitrogens with one attached hydrogen (secondary N) is 2. The minimum Gasteiger partial charge on any atom is -0.453 e. The molecule has 0 atom stereocenters. The molecule has 0 spiro atoms. The van der Waals surface area contributed by atoms with E-state index < -0.39 is 17.8 Å². The van der Waals surface area contributed by atoms with E-state index >= 15 is 0 Å². The Bertz CT molecular complexity index is 1530. The third-order valence-corrected chi connectivity index (χ3v) is 7.36. The van der Waals surface area contributed by atoms with E-state index in [-0.39, 0.29) is 12.5 Å². The number of piperazine rings is 1. The van der Waals surface area contributed by atoms with E-state index in [1.807, 2.05) is 17.6 Å². The van der Waals surface area contributed by atoms with Crippen molar-refractivity contribution in [2.24, 2.45) is 0 Å². The van der Waals surface area contributed by atoms with Gasteiger partial charge in [-0.3, -0.25) is 19.8 Å². The molecule has 228 valence electrons. The second kappa shape index (κ2) is 13.1. The lowest BCUT2D eigenvalue weighted by Crippen LogP contribution is -2.50. The summed E-state index contributed by atoms with van der Waals surface area (Å²) in [5.74, 6) is -0.701. The summed E-state index contributed by atoms with van der Waals surface area (Å²) < 4.78 is 24.9. The van der Waals surface area contributed by atoms with Gasteiger partial charge in [-0.25, -0.2) is 23.7 Å². The van der Waals surface area contributed by atoms with Crippen molar-refractivity contribution in [3.05, 3.63) is 48.1 Å². The van der Waals surface area contributed by atoms with E-state index in [0.29, 0.717) is 70.7 Å². The number of aryl methyl sites for hydroxylation is 1. The summed E-state index contributed by atoms with van der Waals surface area (Å²) in [6.07, 6.45) is 3.01. The number of pyridine rings is 1. The molecule has 14 nitrogen and oxygen atoms in total. The second-order valence-electron chi connectivity index (χ2n) is 10.3. The molecule has 3 aromatic heterocycles. The summed E-state index contributed by atoms with van der Waals surface area (Å²) >= 11 is 0. The summed E-state index contributed by atoms with van der Waals surface area (Å²) in [6.45, 7) is 10.1. The summed E-state index contributed by atoms with van der Waals surface area (Å²) in [6, 6.07) is 3.82. The van der Waals surface area contributed by atoms with E-state index in [4.69, 9.17) is 14.8 Å². The Morgan fingerprint density at radius 2 is 1.86 bits per heavy atom. The van der Waals surface area contributed by atoms with Gasteiger partial charge in [0.25, 0.3) is 5.91 Å². The first kappa shape index (κ1) is 29.8. The van der Waals surface area contributed by atoms with Gasteiger partial charge in [-0.05, 0) is 30.2 Å². The molecule has 3 amide bonds. The lowest BCUT2D eigenvalue weighted by atomic mass is 10.1. The van der Waals surface area contributed by atoms with Crippen LogP contribution >= 0.6 is 0 Å². The molecule has 0 saturated carbocycles. The van der Waals surface area contributed by atoms with Crippen LogP contribution in [0.3, 0.4) is 0 Å². The normalized spacial score (nSPS) is 15.8. The van der Waals surface area contributed by atoms with Crippen molar-refractivity contribution in [2.45, 2.75) is 13.5 Å². The highest BCUT2D eigenvalue weighted by atomic mass is 19.1. The van der Waals surface area contributed by atoms with Crippen molar-refractivity contribution in [3.8, 4) is 11.4 Å². The van der Waals surface area contributed by atoms with E-state index in [1.165, 1.54) is 7.11 Å². The molecule has 0 radical (unpaired) electrons. The number of fused-ring (bicyclic) bond motifs is 1. The van der Waals surface area contributed by atoms with Crippen molar-refractivity contribution < 1.29 is 28.2 Å². The number of halogens is 1. The highest BCUT2D eigenvalue weighted by molar-refractivity contribution is 5.93. The fraction of sp³-hybridized carbons (Fsp3) is 0.429. The summed E-state index contributed by atoms with van der Waals surface area (Å²) in [7, 11) is 1.29.